The van der Waals surface area contributed by atoms with Crippen LogP contribution in [-0.4, -0.2) is 28.3 Å². The summed E-state index contributed by atoms with van der Waals surface area (Å²) in [6.45, 7) is 1.52. The molecule has 6 nitrogen and oxygen atoms in total. The molecule has 2 aromatic heterocycles. The number of ether oxygens (including phenoxy) is 1. The Kier molecular flexibility index (Phi) is 5.76. The van der Waals surface area contributed by atoms with Crippen LogP contribution in [0.25, 0.3) is 5.69 Å². The highest BCUT2D eigenvalue weighted by Gasteiger charge is 2.19. The van der Waals surface area contributed by atoms with Gasteiger partial charge in [0, 0.05) is 10.9 Å². The van der Waals surface area contributed by atoms with Gasteiger partial charge in [-0.3, -0.25) is 4.79 Å². The first-order valence-electron chi connectivity index (χ1n) is 9.81. The Bertz CT molecular complexity index is 1000. The van der Waals surface area contributed by atoms with Crippen LogP contribution in [0.3, 0.4) is 0 Å². The number of thiophene rings is 1. The molecule has 1 N–H and O–H groups in total. The van der Waals surface area contributed by atoms with Gasteiger partial charge >= 0.3 is 5.97 Å². The van der Waals surface area contributed by atoms with Gasteiger partial charge in [-0.25, -0.2) is 9.48 Å². The summed E-state index contributed by atoms with van der Waals surface area (Å²) < 4.78 is 6.91. The van der Waals surface area contributed by atoms with Crippen LogP contribution < -0.4 is 5.32 Å². The number of fused-ring (bicyclic) bond motifs is 1. The standard InChI is InChI=1S/C22H23N3O3S/c1-15-12-20(25(24-15)17-9-5-3-6-10-17)23-21(26)14-28-22(27)19-13-16-8-4-2-7-11-18(16)29-19/h3,5-6,9-10,12-13H,2,4,7-8,11,14H2,1H3,(H,23,26). The molecule has 0 unspecified atom stereocenters. The first kappa shape index (κ1) is 19.4. The van der Waals surface area contributed by atoms with Gasteiger partial charge in [-0.15, -0.1) is 11.3 Å². The van der Waals surface area contributed by atoms with Crippen molar-refractivity contribution in [2.24, 2.45) is 0 Å². The fraction of sp³-hybridized carbons (Fsp3) is 0.318. The van der Waals surface area contributed by atoms with E-state index in [1.54, 1.807) is 10.7 Å². The number of amides is 1. The average molecular weight is 410 g/mol. The highest BCUT2D eigenvalue weighted by Crippen LogP contribution is 2.29. The first-order chi connectivity index (χ1) is 14.1. The maximum Gasteiger partial charge on any atom is 0.348 e. The second-order valence-electron chi connectivity index (χ2n) is 7.16. The summed E-state index contributed by atoms with van der Waals surface area (Å²) in [5, 5.41) is 7.20. The first-order valence-corrected chi connectivity index (χ1v) is 10.6. The van der Waals surface area contributed by atoms with Crippen molar-refractivity contribution in [3.63, 3.8) is 0 Å². The van der Waals surface area contributed by atoms with Gasteiger partial charge in [0.2, 0.25) is 0 Å². The lowest BCUT2D eigenvalue weighted by molar-refractivity contribution is -0.119. The fourth-order valence-electron chi connectivity index (χ4n) is 3.50. The molecule has 0 atom stereocenters. The molecule has 3 aromatic rings. The van der Waals surface area contributed by atoms with E-state index in [4.69, 9.17) is 4.74 Å². The van der Waals surface area contributed by atoms with E-state index in [0.717, 1.165) is 30.6 Å². The summed E-state index contributed by atoms with van der Waals surface area (Å²) in [6.07, 6.45) is 5.60. The van der Waals surface area contributed by atoms with Gasteiger partial charge < -0.3 is 10.1 Å². The molecule has 29 heavy (non-hydrogen) atoms. The van der Waals surface area contributed by atoms with E-state index < -0.39 is 11.9 Å². The van der Waals surface area contributed by atoms with Crippen molar-refractivity contribution < 1.29 is 14.3 Å². The quantitative estimate of drug-likeness (QED) is 0.503. The monoisotopic (exact) mass is 409 g/mol. The summed E-state index contributed by atoms with van der Waals surface area (Å²) in [7, 11) is 0. The molecule has 4 rings (SSSR count). The molecule has 0 aliphatic heterocycles. The average Bonchev–Trinajstić information content (AvgIpc) is 3.23. The minimum Gasteiger partial charge on any atom is -0.451 e. The van der Waals surface area contributed by atoms with Gasteiger partial charge in [0.25, 0.3) is 5.91 Å². The molecular formula is C22H23N3O3S. The minimum atomic E-state index is -0.439. The van der Waals surface area contributed by atoms with E-state index in [1.165, 1.54) is 34.6 Å². The summed E-state index contributed by atoms with van der Waals surface area (Å²) in [5.41, 5.74) is 2.88. The third-order valence-corrected chi connectivity index (χ3v) is 6.10. The zero-order valence-electron chi connectivity index (χ0n) is 16.3. The highest BCUT2D eigenvalue weighted by atomic mass is 32.1. The summed E-state index contributed by atoms with van der Waals surface area (Å²) in [6, 6.07) is 13.3. The van der Waals surface area contributed by atoms with Gasteiger partial charge in [-0.1, -0.05) is 24.6 Å². The molecule has 0 radical (unpaired) electrons. The number of aryl methyl sites for hydroxylation is 3. The molecule has 0 bridgehead atoms. The van der Waals surface area contributed by atoms with Gasteiger partial charge in [0.1, 0.15) is 10.7 Å². The normalized spacial score (nSPS) is 13.4. The largest absolute Gasteiger partial charge is 0.451 e. The smallest absolute Gasteiger partial charge is 0.348 e. The zero-order chi connectivity index (χ0) is 20.2. The van der Waals surface area contributed by atoms with Crippen molar-refractivity contribution in [2.75, 3.05) is 11.9 Å². The zero-order valence-corrected chi connectivity index (χ0v) is 17.1. The van der Waals surface area contributed by atoms with E-state index in [-0.39, 0.29) is 6.61 Å². The molecule has 2 heterocycles. The molecule has 7 heteroatoms. The lowest BCUT2D eigenvalue weighted by atomic mass is 10.1. The minimum absolute atomic E-state index is 0.333. The Morgan fingerprint density at radius 1 is 1.14 bits per heavy atom. The van der Waals surface area contributed by atoms with Crippen LogP contribution in [0.4, 0.5) is 5.82 Å². The molecular weight excluding hydrogens is 386 g/mol. The van der Waals surface area contributed by atoms with Gasteiger partial charge in [0.05, 0.1) is 11.4 Å². The highest BCUT2D eigenvalue weighted by molar-refractivity contribution is 7.14. The van der Waals surface area contributed by atoms with Gasteiger partial charge in [-0.05, 0) is 56.4 Å². The molecule has 1 amide bonds. The van der Waals surface area contributed by atoms with E-state index in [1.807, 2.05) is 43.3 Å². The summed E-state index contributed by atoms with van der Waals surface area (Å²) in [5.74, 6) is -0.294. The number of nitrogens with zero attached hydrogens (tertiary/aromatic N) is 2. The van der Waals surface area contributed by atoms with E-state index >= 15 is 0 Å². The fourth-order valence-corrected chi connectivity index (χ4v) is 4.65. The second kappa shape index (κ2) is 8.61. The van der Waals surface area contributed by atoms with Crippen molar-refractivity contribution in [3.05, 3.63) is 63.5 Å². The number of hydrogen-bond acceptors (Lipinski definition) is 5. The number of anilines is 1. The number of nitrogens with one attached hydrogen (secondary N) is 1. The third kappa shape index (κ3) is 4.56. The maximum atomic E-state index is 12.4. The molecule has 0 fully saturated rings. The predicted molar refractivity (Wildman–Crippen MR) is 113 cm³/mol. The van der Waals surface area contributed by atoms with Crippen LogP contribution in [0.1, 0.15) is 45.1 Å². The Labute approximate surface area is 173 Å². The van der Waals surface area contributed by atoms with Crippen molar-refractivity contribution in [3.8, 4) is 5.69 Å². The number of carbonyl (C=O) groups is 2. The lowest BCUT2D eigenvalue weighted by Gasteiger charge is -2.09. The topological polar surface area (TPSA) is 73.2 Å². The number of rotatable bonds is 5. The van der Waals surface area contributed by atoms with Crippen LogP contribution in [-0.2, 0) is 22.4 Å². The number of benzene rings is 1. The van der Waals surface area contributed by atoms with E-state index in [9.17, 15) is 9.59 Å². The van der Waals surface area contributed by atoms with Crippen LogP contribution in [0.2, 0.25) is 0 Å². The number of esters is 1. The third-order valence-electron chi connectivity index (χ3n) is 4.88. The molecule has 1 aromatic carbocycles. The lowest BCUT2D eigenvalue weighted by Crippen LogP contribution is -2.22. The molecule has 150 valence electrons. The Morgan fingerprint density at radius 2 is 1.93 bits per heavy atom. The second-order valence-corrected chi connectivity index (χ2v) is 8.30. The number of para-hydroxylation sites is 1. The number of carbonyl (C=O) groups excluding carboxylic acids is 2. The van der Waals surface area contributed by atoms with E-state index in [0.29, 0.717) is 10.7 Å². The molecule has 0 saturated carbocycles. The SMILES string of the molecule is Cc1cc(NC(=O)COC(=O)c2cc3c(s2)CCCCC3)n(-c2ccccc2)n1. The molecule has 0 spiro atoms. The van der Waals surface area contributed by atoms with Gasteiger partial charge in [0.15, 0.2) is 6.61 Å². The summed E-state index contributed by atoms with van der Waals surface area (Å²) in [4.78, 5) is 26.6. The molecule has 1 aliphatic rings. The summed E-state index contributed by atoms with van der Waals surface area (Å²) >= 11 is 1.50. The number of aromatic nitrogens is 2. The Balaban J connectivity index is 1.38. The van der Waals surface area contributed by atoms with Crippen LogP contribution >= 0.6 is 11.3 Å². The van der Waals surface area contributed by atoms with Gasteiger partial charge in [-0.2, -0.15) is 5.10 Å². The van der Waals surface area contributed by atoms with Crippen molar-refractivity contribution in [1.82, 2.24) is 9.78 Å². The van der Waals surface area contributed by atoms with Crippen molar-refractivity contribution >= 4 is 29.0 Å². The van der Waals surface area contributed by atoms with Crippen LogP contribution in [0.5, 0.6) is 0 Å². The molecule has 0 saturated heterocycles. The Hall–Kier alpha value is -2.93. The van der Waals surface area contributed by atoms with E-state index in [2.05, 4.69) is 10.4 Å². The maximum absolute atomic E-state index is 12.4. The van der Waals surface area contributed by atoms with Crippen LogP contribution in [0.15, 0.2) is 42.5 Å². The van der Waals surface area contributed by atoms with Crippen molar-refractivity contribution in [1.29, 1.82) is 0 Å². The van der Waals surface area contributed by atoms with Crippen LogP contribution in [0, 0.1) is 6.92 Å². The molecule has 1 aliphatic carbocycles. The Morgan fingerprint density at radius 3 is 2.76 bits per heavy atom. The van der Waals surface area contributed by atoms with Crippen molar-refractivity contribution in [2.45, 2.75) is 39.0 Å². The number of hydrogen-bond donors (Lipinski definition) is 1. The predicted octanol–water partition coefficient (Wildman–Crippen LogP) is 4.31.